The number of carboxylic acids is 1. The number of hydrogen-bond donors (Lipinski definition) is 1. The van der Waals surface area contributed by atoms with Crippen LogP contribution in [0.5, 0.6) is 0 Å². The lowest BCUT2D eigenvalue weighted by Gasteiger charge is -2.09. The van der Waals surface area contributed by atoms with Crippen LogP contribution in [0, 0.1) is 0 Å². The van der Waals surface area contributed by atoms with Crippen molar-refractivity contribution in [1.29, 1.82) is 0 Å². The molecule has 0 aliphatic rings. The van der Waals surface area contributed by atoms with Crippen LogP contribution in [-0.2, 0) is 11.2 Å². The second kappa shape index (κ2) is 5.73. The Kier molecular flexibility index (Phi) is 3.77. The van der Waals surface area contributed by atoms with E-state index < -0.39 is 5.97 Å². The predicted molar refractivity (Wildman–Crippen MR) is 88.6 cm³/mol. The lowest BCUT2D eigenvalue weighted by atomic mass is 9.97. The van der Waals surface area contributed by atoms with E-state index in [1.165, 1.54) is 11.3 Å². The van der Waals surface area contributed by atoms with Crippen molar-refractivity contribution in [1.82, 2.24) is 0 Å². The Bertz CT molecular complexity index is 877. The maximum Gasteiger partial charge on any atom is 0.307 e. The minimum atomic E-state index is -0.840. The molecule has 2 aromatic carbocycles. The van der Waals surface area contributed by atoms with Crippen LogP contribution in [0.4, 0.5) is 0 Å². The highest BCUT2D eigenvalue weighted by molar-refractivity contribution is 7.17. The Morgan fingerprint density at radius 3 is 2.36 bits per heavy atom. The fraction of sp³-hybridized carbons (Fsp3) is 0.111. The molecule has 3 nitrogen and oxygen atoms in total. The van der Waals surface area contributed by atoms with E-state index in [9.17, 15) is 9.59 Å². The van der Waals surface area contributed by atoms with Crippen LogP contribution in [0.3, 0.4) is 0 Å². The highest BCUT2D eigenvalue weighted by Gasteiger charge is 2.12. The zero-order valence-electron chi connectivity index (χ0n) is 12.0. The smallest absolute Gasteiger partial charge is 0.307 e. The average Bonchev–Trinajstić information content (AvgIpc) is 2.97. The SMILES string of the molecule is CC(=O)c1ccc(-c2ccc(CC(=O)O)c3ccccc23)s1. The number of ketones is 1. The summed E-state index contributed by atoms with van der Waals surface area (Å²) in [4.78, 5) is 24.2. The summed E-state index contributed by atoms with van der Waals surface area (Å²) in [5, 5.41) is 11.0. The Hall–Kier alpha value is -2.46. The Morgan fingerprint density at radius 2 is 1.73 bits per heavy atom. The molecule has 0 aliphatic heterocycles. The molecule has 0 atom stereocenters. The van der Waals surface area contributed by atoms with E-state index >= 15 is 0 Å². The van der Waals surface area contributed by atoms with Crippen LogP contribution in [0.15, 0.2) is 48.5 Å². The van der Waals surface area contributed by atoms with Crippen molar-refractivity contribution >= 4 is 33.9 Å². The normalized spacial score (nSPS) is 10.8. The van der Waals surface area contributed by atoms with Crippen molar-refractivity contribution in [3.05, 3.63) is 59.0 Å². The Morgan fingerprint density at radius 1 is 1.00 bits per heavy atom. The van der Waals surface area contributed by atoms with Crippen molar-refractivity contribution in [3.63, 3.8) is 0 Å². The third-order valence-corrected chi connectivity index (χ3v) is 4.79. The molecule has 3 rings (SSSR count). The second-order valence-electron chi connectivity index (χ2n) is 5.11. The zero-order chi connectivity index (χ0) is 15.7. The van der Waals surface area contributed by atoms with Gasteiger partial charge in [-0.3, -0.25) is 9.59 Å². The van der Waals surface area contributed by atoms with Gasteiger partial charge in [0.05, 0.1) is 11.3 Å². The third kappa shape index (κ3) is 2.65. The van der Waals surface area contributed by atoms with Gasteiger partial charge in [0.25, 0.3) is 0 Å². The molecule has 4 heteroatoms. The van der Waals surface area contributed by atoms with Gasteiger partial charge in [0.1, 0.15) is 0 Å². The van der Waals surface area contributed by atoms with Gasteiger partial charge < -0.3 is 5.11 Å². The summed E-state index contributed by atoms with van der Waals surface area (Å²) < 4.78 is 0. The molecule has 0 unspecified atom stereocenters. The summed E-state index contributed by atoms with van der Waals surface area (Å²) in [7, 11) is 0. The molecule has 0 spiro atoms. The van der Waals surface area contributed by atoms with Gasteiger partial charge in [-0.25, -0.2) is 0 Å². The zero-order valence-corrected chi connectivity index (χ0v) is 12.8. The highest BCUT2D eigenvalue weighted by Crippen LogP contribution is 2.35. The molecule has 0 bridgehead atoms. The van der Waals surface area contributed by atoms with Crippen molar-refractivity contribution in [2.24, 2.45) is 0 Å². The van der Waals surface area contributed by atoms with E-state index in [0.29, 0.717) is 0 Å². The number of carbonyl (C=O) groups excluding carboxylic acids is 1. The molecule has 0 amide bonds. The molecule has 3 aromatic rings. The number of aliphatic carboxylic acids is 1. The molecule has 1 aromatic heterocycles. The number of hydrogen-bond acceptors (Lipinski definition) is 3. The van der Waals surface area contributed by atoms with Gasteiger partial charge in [0, 0.05) is 4.88 Å². The number of fused-ring (bicyclic) bond motifs is 1. The van der Waals surface area contributed by atoms with Crippen molar-refractivity contribution in [2.75, 3.05) is 0 Å². The number of rotatable bonds is 4. The first-order valence-corrected chi connectivity index (χ1v) is 7.71. The average molecular weight is 310 g/mol. The van der Waals surface area contributed by atoms with Crippen molar-refractivity contribution < 1.29 is 14.7 Å². The van der Waals surface area contributed by atoms with Gasteiger partial charge in [-0.1, -0.05) is 36.4 Å². The summed E-state index contributed by atoms with van der Waals surface area (Å²) in [6.45, 7) is 1.56. The molecule has 22 heavy (non-hydrogen) atoms. The summed E-state index contributed by atoms with van der Waals surface area (Å²) in [5.41, 5.74) is 1.83. The molecular weight excluding hydrogens is 296 g/mol. The lowest BCUT2D eigenvalue weighted by molar-refractivity contribution is -0.136. The summed E-state index contributed by atoms with van der Waals surface area (Å²) >= 11 is 1.46. The second-order valence-corrected chi connectivity index (χ2v) is 6.19. The number of benzene rings is 2. The van der Waals surface area contributed by atoms with Gasteiger partial charge in [-0.2, -0.15) is 0 Å². The minimum Gasteiger partial charge on any atom is -0.481 e. The summed E-state index contributed by atoms with van der Waals surface area (Å²) in [6.07, 6.45) is 0.00390. The molecule has 0 aliphatic carbocycles. The number of thiophene rings is 1. The van der Waals surface area contributed by atoms with Gasteiger partial charge in [0.15, 0.2) is 5.78 Å². The fourth-order valence-electron chi connectivity index (χ4n) is 2.57. The van der Waals surface area contributed by atoms with Gasteiger partial charge in [0.2, 0.25) is 0 Å². The largest absolute Gasteiger partial charge is 0.481 e. The molecule has 1 N–H and O–H groups in total. The first kappa shape index (κ1) is 14.5. The Labute approximate surface area is 131 Å². The van der Waals surface area contributed by atoms with E-state index in [0.717, 1.165) is 31.7 Å². The van der Waals surface area contributed by atoms with E-state index in [2.05, 4.69) is 0 Å². The molecule has 110 valence electrons. The number of carboxylic acid groups (broad SMARTS) is 1. The van der Waals surface area contributed by atoms with Gasteiger partial charge >= 0.3 is 5.97 Å². The number of Topliss-reactive ketones (excluding diaryl/α,β-unsaturated/α-hetero) is 1. The molecule has 0 fully saturated rings. The van der Waals surface area contributed by atoms with Crippen molar-refractivity contribution in [2.45, 2.75) is 13.3 Å². The van der Waals surface area contributed by atoms with E-state index in [1.54, 1.807) is 6.92 Å². The molecule has 1 heterocycles. The van der Waals surface area contributed by atoms with Crippen LogP contribution in [0.25, 0.3) is 21.2 Å². The molecule has 0 saturated carbocycles. The quantitative estimate of drug-likeness (QED) is 0.727. The van der Waals surface area contributed by atoms with E-state index in [-0.39, 0.29) is 12.2 Å². The standard InChI is InChI=1S/C18H14O3S/c1-11(19)16-8-9-17(22-16)15-7-6-12(10-18(20)21)13-4-2-3-5-14(13)15/h2-9H,10H2,1H3,(H,20,21). The van der Waals surface area contributed by atoms with Crippen LogP contribution < -0.4 is 0 Å². The molecule has 0 radical (unpaired) electrons. The summed E-state index contributed by atoms with van der Waals surface area (Å²) in [5.74, 6) is -0.782. The molecular formula is C18H14O3S. The van der Waals surface area contributed by atoms with Crippen LogP contribution in [0.1, 0.15) is 22.2 Å². The monoisotopic (exact) mass is 310 g/mol. The van der Waals surface area contributed by atoms with E-state index in [1.807, 2.05) is 48.5 Å². The maximum absolute atomic E-state index is 11.5. The number of carbonyl (C=O) groups is 2. The minimum absolute atomic E-state index is 0.00390. The van der Waals surface area contributed by atoms with E-state index in [4.69, 9.17) is 5.11 Å². The first-order valence-electron chi connectivity index (χ1n) is 6.90. The first-order chi connectivity index (χ1) is 10.6. The van der Waals surface area contributed by atoms with Gasteiger partial charge in [-0.15, -0.1) is 11.3 Å². The van der Waals surface area contributed by atoms with Gasteiger partial charge in [-0.05, 0) is 41.0 Å². The maximum atomic E-state index is 11.5. The summed E-state index contributed by atoms with van der Waals surface area (Å²) in [6, 6.07) is 15.4. The van der Waals surface area contributed by atoms with Crippen LogP contribution >= 0.6 is 11.3 Å². The molecule has 0 saturated heterocycles. The topological polar surface area (TPSA) is 54.4 Å². The van der Waals surface area contributed by atoms with Crippen LogP contribution in [0.2, 0.25) is 0 Å². The predicted octanol–water partition coefficient (Wildman–Crippen LogP) is 4.40. The highest BCUT2D eigenvalue weighted by atomic mass is 32.1. The fourth-order valence-corrected chi connectivity index (χ4v) is 3.51. The van der Waals surface area contributed by atoms with Crippen LogP contribution in [-0.4, -0.2) is 16.9 Å². The van der Waals surface area contributed by atoms with Crippen molar-refractivity contribution in [3.8, 4) is 10.4 Å². The third-order valence-electron chi connectivity index (χ3n) is 3.57. The Balaban J connectivity index is 2.18. The lowest BCUT2D eigenvalue weighted by Crippen LogP contribution is -2.00.